The summed E-state index contributed by atoms with van der Waals surface area (Å²) in [5.41, 5.74) is 4.30. The summed E-state index contributed by atoms with van der Waals surface area (Å²) in [6.07, 6.45) is 15.1. The van der Waals surface area contributed by atoms with E-state index >= 15 is 0 Å². The van der Waals surface area contributed by atoms with Gasteiger partial charge in [-0.2, -0.15) is 0 Å². The van der Waals surface area contributed by atoms with E-state index in [1.165, 1.54) is 5.57 Å². The summed E-state index contributed by atoms with van der Waals surface area (Å²) in [6.45, 7) is 9.41. The van der Waals surface area contributed by atoms with Crippen LogP contribution in [0.2, 0.25) is 0 Å². The quantitative estimate of drug-likeness (QED) is 0.245. The van der Waals surface area contributed by atoms with E-state index < -0.39 is 15.1 Å². The van der Waals surface area contributed by atoms with E-state index in [0.29, 0.717) is 17.9 Å². The van der Waals surface area contributed by atoms with Gasteiger partial charge in [0.05, 0.1) is 23.4 Å². The summed E-state index contributed by atoms with van der Waals surface area (Å²) < 4.78 is 38.4. The Hall–Kier alpha value is -1.99. The van der Waals surface area contributed by atoms with Crippen molar-refractivity contribution in [1.82, 2.24) is 0 Å². The standard InChI is InChI=1S/C31H46O5S/c1-25(19-21-36-31-18-8-9-20-35-31)12-10-13-26(2)22-30(23-27(3)14-11-15-28(4)24-32)37(33,34)29-16-6-5-7-17-29/h5-7,13,15-17,19,23,30-32H,8-12,14,18,20-22,24H2,1-4H3/b25-19+,26-13+,27-23+,28-15+. The first-order valence-corrected chi connectivity index (χ1v) is 15.0. The number of aliphatic hydroxyl groups is 1. The second-order valence-corrected chi connectivity index (χ2v) is 12.3. The molecule has 6 heteroatoms. The first-order valence-electron chi connectivity index (χ1n) is 13.5. The summed E-state index contributed by atoms with van der Waals surface area (Å²) in [7, 11) is -3.51. The molecule has 2 rings (SSSR count). The van der Waals surface area contributed by atoms with Gasteiger partial charge >= 0.3 is 0 Å². The molecule has 1 aliphatic heterocycles. The van der Waals surface area contributed by atoms with Crippen molar-refractivity contribution in [2.24, 2.45) is 0 Å². The molecular weight excluding hydrogens is 484 g/mol. The Bertz CT molecular complexity index is 1030. The van der Waals surface area contributed by atoms with Crippen molar-refractivity contribution in [2.75, 3.05) is 19.8 Å². The summed E-state index contributed by atoms with van der Waals surface area (Å²) >= 11 is 0. The van der Waals surface area contributed by atoms with Crippen LogP contribution < -0.4 is 0 Å². The molecule has 0 amide bonds. The van der Waals surface area contributed by atoms with E-state index in [2.05, 4.69) is 19.1 Å². The molecule has 0 radical (unpaired) electrons. The number of rotatable bonds is 15. The molecular formula is C31H46O5S. The second kappa shape index (κ2) is 16.8. The topological polar surface area (TPSA) is 72.8 Å². The van der Waals surface area contributed by atoms with E-state index in [1.807, 2.05) is 39.0 Å². The fourth-order valence-electron chi connectivity index (χ4n) is 4.24. The minimum atomic E-state index is -3.51. The third-order valence-corrected chi connectivity index (χ3v) is 8.66. The normalized spacial score (nSPS) is 19.2. The third-order valence-electron chi connectivity index (χ3n) is 6.63. The van der Waals surface area contributed by atoms with Crippen molar-refractivity contribution in [3.8, 4) is 0 Å². The second-order valence-electron chi connectivity index (χ2n) is 10.1. The fourth-order valence-corrected chi connectivity index (χ4v) is 6.02. The van der Waals surface area contributed by atoms with Gasteiger partial charge in [0.2, 0.25) is 0 Å². The number of sulfone groups is 1. The zero-order chi connectivity index (χ0) is 27.1. The Morgan fingerprint density at radius 3 is 2.30 bits per heavy atom. The molecule has 1 aromatic rings. The number of allylic oxidation sites excluding steroid dienone is 5. The van der Waals surface area contributed by atoms with E-state index in [9.17, 15) is 13.5 Å². The largest absolute Gasteiger partial charge is 0.392 e. The van der Waals surface area contributed by atoms with Crippen LogP contribution in [0.4, 0.5) is 0 Å². The van der Waals surface area contributed by atoms with Gasteiger partial charge < -0.3 is 14.6 Å². The average Bonchev–Trinajstić information content (AvgIpc) is 2.89. The Balaban J connectivity index is 2.01. The maximum absolute atomic E-state index is 13.5. The summed E-state index contributed by atoms with van der Waals surface area (Å²) in [5.74, 6) is 0. The van der Waals surface area contributed by atoms with E-state index in [4.69, 9.17) is 9.47 Å². The van der Waals surface area contributed by atoms with Crippen LogP contribution in [0.15, 0.2) is 81.8 Å². The van der Waals surface area contributed by atoms with Crippen LogP contribution in [-0.2, 0) is 19.3 Å². The molecule has 1 aliphatic rings. The zero-order valence-corrected chi connectivity index (χ0v) is 23.9. The summed E-state index contributed by atoms with van der Waals surface area (Å²) in [4.78, 5) is 0.355. The molecule has 1 heterocycles. The smallest absolute Gasteiger partial charge is 0.185 e. The number of ether oxygens (including phenoxy) is 2. The molecule has 5 nitrogen and oxygen atoms in total. The van der Waals surface area contributed by atoms with Gasteiger partial charge in [-0.05, 0) is 91.2 Å². The van der Waals surface area contributed by atoms with Gasteiger partial charge in [-0.25, -0.2) is 8.42 Å². The first-order chi connectivity index (χ1) is 17.7. The lowest BCUT2D eigenvalue weighted by Gasteiger charge is -2.22. The van der Waals surface area contributed by atoms with E-state index in [-0.39, 0.29) is 12.9 Å². The highest BCUT2D eigenvalue weighted by Crippen LogP contribution is 2.25. The zero-order valence-electron chi connectivity index (χ0n) is 23.1. The van der Waals surface area contributed by atoms with Crippen LogP contribution >= 0.6 is 0 Å². The van der Waals surface area contributed by atoms with Crippen LogP contribution in [0.5, 0.6) is 0 Å². The molecule has 2 atom stereocenters. The molecule has 1 aromatic carbocycles. The lowest BCUT2D eigenvalue weighted by Crippen LogP contribution is -2.22. The van der Waals surface area contributed by atoms with Gasteiger partial charge in [-0.1, -0.05) is 64.8 Å². The molecule has 1 N–H and O–H groups in total. The van der Waals surface area contributed by atoms with E-state index in [1.54, 1.807) is 24.3 Å². The maximum atomic E-state index is 13.5. The third kappa shape index (κ3) is 11.9. The number of hydrogen-bond acceptors (Lipinski definition) is 5. The molecule has 2 unspecified atom stereocenters. The average molecular weight is 531 g/mol. The minimum Gasteiger partial charge on any atom is -0.392 e. The van der Waals surface area contributed by atoms with Crippen LogP contribution in [0, 0.1) is 0 Å². The molecule has 206 valence electrons. The predicted molar refractivity (Wildman–Crippen MR) is 152 cm³/mol. The van der Waals surface area contributed by atoms with Crippen molar-refractivity contribution >= 4 is 9.84 Å². The summed E-state index contributed by atoms with van der Waals surface area (Å²) in [6, 6.07) is 8.72. The van der Waals surface area contributed by atoms with Crippen LogP contribution in [0.25, 0.3) is 0 Å². The molecule has 0 bridgehead atoms. The van der Waals surface area contributed by atoms with Crippen molar-refractivity contribution in [2.45, 2.75) is 95.5 Å². The highest BCUT2D eigenvalue weighted by molar-refractivity contribution is 7.92. The monoisotopic (exact) mass is 530 g/mol. The number of hydrogen-bond donors (Lipinski definition) is 1. The molecule has 0 aromatic heterocycles. The molecule has 1 saturated heterocycles. The molecule has 0 saturated carbocycles. The Labute approximate surface area is 224 Å². The minimum absolute atomic E-state index is 0.0500. The van der Waals surface area contributed by atoms with Gasteiger partial charge in [0.1, 0.15) is 0 Å². The Morgan fingerprint density at radius 1 is 0.973 bits per heavy atom. The van der Waals surface area contributed by atoms with Crippen LogP contribution in [0.1, 0.15) is 79.1 Å². The van der Waals surface area contributed by atoms with Crippen molar-refractivity contribution in [3.05, 3.63) is 76.9 Å². The fraction of sp³-hybridized carbons (Fsp3) is 0.548. The molecule has 1 fully saturated rings. The molecule has 37 heavy (non-hydrogen) atoms. The van der Waals surface area contributed by atoms with Gasteiger partial charge in [0.15, 0.2) is 16.1 Å². The first kappa shape index (κ1) is 31.2. The van der Waals surface area contributed by atoms with Gasteiger partial charge in [0.25, 0.3) is 0 Å². The molecule has 0 spiro atoms. The Morgan fingerprint density at radius 2 is 1.65 bits per heavy atom. The van der Waals surface area contributed by atoms with E-state index in [0.717, 1.165) is 68.3 Å². The van der Waals surface area contributed by atoms with Gasteiger partial charge in [-0.15, -0.1) is 0 Å². The Kier molecular flexibility index (Phi) is 14.2. The van der Waals surface area contributed by atoms with Crippen molar-refractivity contribution < 1.29 is 23.0 Å². The molecule has 0 aliphatic carbocycles. The predicted octanol–water partition coefficient (Wildman–Crippen LogP) is 7.10. The lowest BCUT2D eigenvalue weighted by molar-refractivity contribution is -0.155. The summed E-state index contributed by atoms with van der Waals surface area (Å²) in [5, 5.41) is 8.58. The van der Waals surface area contributed by atoms with Gasteiger partial charge in [0, 0.05) is 6.61 Å². The number of aliphatic hydroxyl groups excluding tert-OH is 1. The SMILES string of the molecule is C/C(=C\CC/C(C)=C/C(C/C(C)=C/CC/C(C)=C/COC1CCCCO1)S(=O)(=O)c1ccccc1)CO. The van der Waals surface area contributed by atoms with Crippen LogP contribution in [-0.4, -0.2) is 44.9 Å². The highest BCUT2D eigenvalue weighted by atomic mass is 32.2. The lowest BCUT2D eigenvalue weighted by atomic mass is 10.0. The van der Waals surface area contributed by atoms with Crippen molar-refractivity contribution in [3.63, 3.8) is 0 Å². The highest BCUT2D eigenvalue weighted by Gasteiger charge is 2.26. The van der Waals surface area contributed by atoms with Crippen molar-refractivity contribution in [1.29, 1.82) is 0 Å². The number of benzene rings is 1. The van der Waals surface area contributed by atoms with Gasteiger partial charge in [-0.3, -0.25) is 0 Å². The van der Waals surface area contributed by atoms with Crippen LogP contribution in [0.3, 0.4) is 0 Å². The maximum Gasteiger partial charge on any atom is 0.185 e.